The summed E-state index contributed by atoms with van der Waals surface area (Å²) in [6.07, 6.45) is 8.39. The lowest BCUT2D eigenvalue weighted by Crippen LogP contribution is -2.33. The van der Waals surface area contributed by atoms with E-state index in [9.17, 15) is 9.59 Å². The van der Waals surface area contributed by atoms with Crippen LogP contribution in [0.2, 0.25) is 0 Å². The first-order valence-electron chi connectivity index (χ1n) is 9.52. The Kier molecular flexibility index (Phi) is 6.31. The Morgan fingerprint density at radius 2 is 2.15 bits per heavy atom. The molecule has 0 aromatic heterocycles. The topological polar surface area (TPSA) is 58.6 Å². The minimum absolute atomic E-state index is 0.00251. The Labute approximate surface area is 155 Å². The van der Waals surface area contributed by atoms with Crippen LogP contribution in [0.4, 0.5) is 0 Å². The molecule has 1 heterocycles. The lowest BCUT2D eigenvalue weighted by atomic mass is 9.97. The van der Waals surface area contributed by atoms with E-state index in [4.69, 9.17) is 4.74 Å². The van der Waals surface area contributed by atoms with Crippen molar-refractivity contribution in [3.8, 4) is 5.75 Å². The van der Waals surface area contributed by atoms with Crippen LogP contribution >= 0.6 is 0 Å². The predicted molar refractivity (Wildman–Crippen MR) is 101 cm³/mol. The minimum atomic E-state index is -0.252. The van der Waals surface area contributed by atoms with Crippen molar-refractivity contribution < 1.29 is 14.3 Å². The summed E-state index contributed by atoms with van der Waals surface area (Å²) in [4.78, 5) is 26.5. The van der Waals surface area contributed by atoms with Crippen LogP contribution < -0.4 is 10.1 Å². The monoisotopic (exact) mass is 356 g/mol. The fourth-order valence-corrected chi connectivity index (χ4v) is 3.76. The van der Waals surface area contributed by atoms with Gasteiger partial charge in [-0.05, 0) is 38.2 Å². The molecule has 2 amide bonds. The van der Waals surface area contributed by atoms with Crippen LogP contribution in [0.1, 0.15) is 44.1 Å². The van der Waals surface area contributed by atoms with Gasteiger partial charge in [-0.15, -0.1) is 0 Å². The maximum Gasteiger partial charge on any atom is 0.225 e. The molecule has 1 unspecified atom stereocenters. The highest BCUT2D eigenvalue weighted by Gasteiger charge is 2.34. The molecule has 1 aliphatic heterocycles. The van der Waals surface area contributed by atoms with Gasteiger partial charge >= 0.3 is 0 Å². The molecule has 3 rings (SSSR count). The Bertz CT molecular complexity index is 684. The number of carbonyl (C=O) groups is 2. The highest BCUT2D eigenvalue weighted by molar-refractivity contribution is 5.89. The summed E-state index contributed by atoms with van der Waals surface area (Å²) in [6, 6.07) is 7.69. The number of para-hydroxylation sites is 1. The van der Waals surface area contributed by atoms with E-state index in [0.717, 1.165) is 30.6 Å². The number of likely N-dealkylation sites (tertiary alicyclic amines) is 1. The molecule has 1 aromatic carbocycles. The van der Waals surface area contributed by atoms with Crippen LogP contribution in [-0.2, 0) is 16.1 Å². The maximum absolute atomic E-state index is 12.4. The summed E-state index contributed by atoms with van der Waals surface area (Å²) in [5.74, 6) is 0.551. The average Bonchev–Trinajstić information content (AvgIpc) is 3.03. The first-order valence-corrected chi connectivity index (χ1v) is 9.52. The van der Waals surface area contributed by atoms with Gasteiger partial charge in [0.05, 0.1) is 13.0 Å². The Morgan fingerprint density at radius 3 is 2.92 bits per heavy atom. The third kappa shape index (κ3) is 4.65. The number of amides is 2. The van der Waals surface area contributed by atoms with Crippen molar-refractivity contribution in [2.45, 2.75) is 45.1 Å². The first kappa shape index (κ1) is 18.5. The molecule has 26 heavy (non-hydrogen) atoms. The molecule has 5 nitrogen and oxygen atoms in total. The molecule has 1 N–H and O–H groups in total. The standard InChI is InChI=1S/C21H28N2O3/c1-26-19-10-6-5-9-17(19)14-23-15-18(13-20(23)24)21(25)22-12-11-16-7-3-2-4-8-16/h5-7,9-10,18H,2-4,8,11-15H2,1H3,(H,22,25). The van der Waals surface area contributed by atoms with E-state index in [1.165, 1.54) is 18.4 Å². The average molecular weight is 356 g/mol. The highest BCUT2D eigenvalue weighted by atomic mass is 16.5. The van der Waals surface area contributed by atoms with Crippen LogP contribution in [0.15, 0.2) is 35.9 Å². The number of allylic oxidation sites excluding steroid dienone is 1. The quantitative estimate of drug-likeness (QED) is 0.764. The number of nitrogens with zero attached hydrogens (tertiary/aromatic N) is 1. The summed E-state index contributed by atoms with van der Waals surface area (Å²) >= 11 is 0. The zero-order chi connectivity index (χ0) is 18.4. The first-order chi connectivity index (χ1) is 12.7. The van der Waals surface area contributed by atoms with E-state index < -0.39 is 0 Å². The van der Waals surface area contributed by atoms with Gasteiger partial charge in [0.25, 0.3) is 0 Å². The molecular formula is C21H28N2O3. The fourth-order valence-electron chi connectivity index (χ4n) is 3.76. The van der Waals surface area contributed by atoms with Crippen LogP contribution in [0.25, 0.3) is 0 Å². The fraction of sp³-hybridized carbons (Fsp3) is 0.524. The Morgan fingerprint density at radius 1 is 1.31 bits per heavy atom. The number of nitrogens with one attached hydrogen (secondary N) is 1. The maximum atomic E-state index is 12.4. The molecule has 0 saturated carbocycles. The van der Waals surface area contributed by atoms with Gasteiger partial charge in [-0.25, -0.2) is 0 Å². The van der Waals surface area contributed by atoms with Gasteiger partial charge in [0.15, 0.2) is 0 Å². The molecule has 0 spiro atoms. The Hall–Kier alpha value is -2.30. The second kappa shape index (κ2) is 8.88. The SMILES string of the molecule is COc1ccccc1CN1CC(C(=O)NCCC2=CCCCC2)CC1=O. The number of benzene rings is 1. The number of carbonyl (C=O) groups excluding carboxylic acids is 2. The molecule has 0 bridgehead atoms. The summed E-state index contributed by atoms with van der Waals surface area (Å²) in [5.41, 5.74) is 2.42. The third-order valence-corrected chi connectivity index (χ3v) is 5.27. The van der Waals surface area contributed by atoms with E-state index in [2.05, 4.69) is 11.4 Å². The second-order valence-electron chi connectivity index (χ2n) is 7.14. The highest BCUT2D eigenvalue weighted by Crippen LogP contribution is 2.25. The van der Waals surface area contributed by atoms with Gasteiger partial charge in [0.1, 0.15) is 5.75 Å². The lowest BCUT2D eigenvalue weighted by molar-refractivity contribution is -0.129. The molecule has 0 radical (unpaired) electrons. The number of hydrogen-bond donors (Lipinski definition) is 1. The molecular weight excluding hydrogens is 328 g/mol. The van der Waals surface area contributed by atoms with Crippen molar-refractivity contribution in [1.29, 1.82) is 0 Å². The molecule has 1 atom stereocenters. The van der Waals surface area contributed by atoms with Gasteiger partial charge in [-0.1, -0.05) is 29.8 Å². The smallest absolute Gasteiger partial charge is 0.225 e. The van der Waals surface area contributed by atoms with E-state index >= 15 is 0 Å². The number of methoxy groups -OCH3 is 1. The number of ether oxygens (including phenoxy) is 1. The normalized spacial score (nSPS) is 20.0. The Balaban J connectivity index is 1.49. The van der Waals surface area contributed by atoms with Gasteiger partial charge in [-0.2, -0.15) is 0 Å². The molecule has 1 aromatic rings. The van der Waals surface area contributed by atoms with Crippen LogP contribution in [0.3, 0.4) is 0 Å². The molecule has 1 saturated heterocycles. The summed E-state index contributed by atoms with van der Waals surface area (Å²) in [6.45, 7) is 1.63. The van der Waals surface area contributed by atoms with E-state index in [0.29, 0.717) is 26.1 Å². The summed E-state index contributed by atoms with van der Waals surface area (Å²) in [7, 11) is 1.63. The zero-order valence-electron chi connectivity index (χ0n) is 15.5. The van der Waals surface area contributed by atoms with Gasteiger partial charge in [0.2, 0.25) is 11.8 Å². The van der Waals surface area contributed by atoms with E-state index in [1.54, 1.807) is 12.0 Å². The number of hydrogen-bond acceptors (Lipinski definition) is 3. The van der Waals surface area contributed by atoms with E-state index in [1.807, 2.05) is 24.3 Å². The summed E-state index contributed by atoms with van der Waals surface area (Å²) < 4.78 is 5.35. The number of rotatable bonds is 7. The third-order valence-electron chi connectivity index (χ3n) is 5.27. The zero-order valence-corrected chi connectivity index (χ0v) is 15.5. The van der Waals surface area contributed by atoms with Crippen molar-refractivity contribution in [3.63, 3.8) is 0 Å². The molecule has 1 aliphatic carbocycles. The largest absolute Gasteiger partial charge is 0.496 e. The van der Waals surface area contributed by atoms with Crippen LogP contribution in [0.5, 0.6) is 5.75 Å². The van der Waals surface area contributed by atoms with Gasteiger partial charge in [0, 0.05) is 31.6 Å². The summed E-state index contributed by atoms with van der Waals surface area (Å²) in [5, 5.41) is 3.02. The van der Waals surface area contributed by atoms with Crippen molar-refractivity contribution in [2.75, 3.05) is 20.2 Å². The minimum Gasteiger partial charge on any atom is -0.496 e. The molecule has 5 heteroatoms. The van der Waals surface area contributed by atoms with Crippen LogP contribution in [-0.4, -0.2) is 36.9 Å². The predicted octanol–water partition coefficient (Wildman–Crippen LogP) is 3.05. The van der Waals surface area contributed by atoms with Crippen molar-refractivity contribution >= 4 is 11.8 Å². The molecule has 140 valence electrons. The van der Waals surface area contributed by atoms with Gasteiger partial charge in [-0.3, -0.25) is 9.59 Å². The van der Waals surface area contributed by atoms with Gasteiger partial charge < -0.3 is 15.0 Å². The van der Waals surface area contributed by atoms with Crippen LogP contribution in [0, 0.1) is 5.92 Å². The van der Waals surface area contributed by atoms with Crippen molar-refractivity contribution in [3.05, 3.63) is 41.5 Å². The second-order valence-corrected chi connectivity index (χ2v) is 7.14. The lowest BCUT2D eigenvalue weighted by Gasteiger charge is -2.18. The molecule has 1 fully saturated rings. The molecule has 2 aliphatic rings. The van der Waals surface area contributed by atoms with Crippen molar-refractivity contribution in [2.24, 2.45) is 5.92 Å². The van der Waals surface area contributed by atoms with Crippen molar-refractivity contribution in [1.82, 2.24) is 10.2 Å². The van der Waals surface area contributed by atoms with E-state index in [-0.39, 0.29) is 17.7 Å².